The van der Waals surface area contributed by atoms with E-state index < -0.39 is 0 Å². The normalized spacial score (nSPS) is 17.7. The van der Waals surface area contributed by atoms with Gasteiger partial charge in [-0.25, -0.2) is 9.37 Å². The molecule has 138 valence electrons. The molecule has 0 radical (unpaired) electrons. The molecular formula is C21H21FN4O. The largest absolute Gasteiger partial charge is 0.307 e. The van der Waals surface area contributed by atoms with Crippen molar-refractivity contribution in [2.45, 2.75) is 25.3 Å². The molecule has 1 atom stereocenters. The maximum absolute atomic E-state index is 13.1. The highest BCUT2D eigenvalue weighted by Gasteiger charge is 2.23. The second kappa shape index (κ2) is 7.80. The first-order valence-corrected chi connectivity index (χ1v) is 9.16. The Labute approximate surface area is 156 Å². The number of H-pyrrole nitrogens is 1. The highest BCUT2D eigenvalue weighted by atomic mass is 19.1. The molecule has 1 aliphatic rings. The van der Waals surface area contributed by atoms with Crippen molar-refractivity contribution in [1.29, 1.82) is 0 Å². The second-order valence-electron chi connectivity index (χ2n) is 6.96. The maximum atomic E-state index is 13.1. The molecule has 0 amide bonds. The first-order chi connectivity index (χ1) is 13.2. The van der Waals surface area contributed by atoms with Gasteiger partial charge in [-0.3, -0.25) is 14.7 Å². The van der Waals surface area contributed by atoms with Crippen LogP contribution in [0.25, 0.3) is 11.4 Å². The number of benzene rings is 1. The van der Waals surface area contributed by atoms with Gasteiger partial charge < -0.3 is 4.98 Å². The van der Waals surface area contributed by atoms with E-state index in [1.54, 1.807) is 18.5 Å². The lowest BCUT2D eigenvalue weighted by molar-refractivity contribution is 0.198. The highest BCUT2D eigenvalue weighted by molar-refractivity contribution is 5.53. The summed E-state index contributed by atoms with van der Waals surface area (Å²) in [6.45, 7) is 2.61. The van der Waals surface area contributed by atoms with E-state index in [9.17, 15) is 9.18 Å². The van der Waals surface area contributed by atoms with E-state index in [0.29, 0.717) is 5.82 Å². The quantitative estimate of drug-likeness (QED) is 0.771. The van der Waals surface area contributed by atoms with E-state index in [1.807, 2.05) is 24.3 Å². The van der Waals surface area contributed by atoms with Gasteiger partial charge >= 0.3 is 0 Å². The standard InChI is InChI=1S/C21H21FN4O/c22-18-5-3-15(4-6-18)13-26-11-1-2-17(14-26)19-12-20(27)25-21(24-19)16-7-9-23-10-8-16/h3-10,12,17H,1-2,11,13-14H2,(H,24,25,27)/t17-/m1/s1. The van der Waals surface area contributed by atoms with Crippen molar-refractivity contribution in [3.8, 4) is 11.4 Å². The number of likely N-dealkylation sites (tertiary alicyclic amines) is 1. The van der Waals surface area contributed by atoms with Crippen LogP contribution in [0.1, 0.15) is 30.0 Å². The second-order valence-corrected chi connectivity index (χ2v) is 6.96. The van der Waals surface area contributed by atoms with Crippen molar-refractivity contribution < 1.29 is 4.39 Å². The topological polar surface area (TPSA) is 61.9 Å². The van der Waals surface area contributed by atoms with Gasteiger partial charge in [-0.1, -0.05) is 12.1 Å². The molecule has 0 saturated carbocycles. The predicted octanol–water partition coefficient (Wildman–Crippen LogP) is 3.35. The number of hydrogen-bond donors (Lipinski definition) is 1. The molecule has 1 aromatic carbocycles. The van der Waals surface area contributed by atoms with E-state index in [1.165, 1.54) is 12.1 Å². The molecule has 0 bridgehead atoms. The summed E-state index contributed by atoms with van der Waals surface area (Å²) in [5.41, 5.74) is 2.63. The Kier molecular flexibility index (Phi) is 5.07. The van der Waals surface area contributed by atoms with Crippen LogP contribution in [0.5, 0.6) is 0 Å². The minimum Gasteiger partial charge on any atom is -0.307 e. The number of aromatic nitrogens is 3. The van der Waals surface area contributed by atoms with E-state index in [2.05, 4.69) is 14.9 Å². The van der Waals surface area contributed by atoms with Gasteiger partial charge in [0, 0.05) is 43.0 Å². The van der Waals surface area contributed by atoms with Gasteiger partial charge in [0.05, 0.1) is 5.69 Å². The number of piperidine rings is 1. The molecule has 6 heteroatoms. The molecule has 4 rings (SSSR count). The van der Waals surface area contributed by atoms with Crippen molar-refractivity contribution in [2.24, 2.45) is 0 Å². The Balaban J connectivity index is 1.53. The summed E-state index contributed by atoms with van der Waals surface area (Å²) in [6, 6.07) is 11.9. The molecule has 0 unspecified atom stereocenters. The summed E-state index contributed by atoms with van der Waals surface area (Å²) in [6.07, 6.45) is 5.43. The first-order valence-electron chi connectivity index (χ1n) is 9.16. The van der Waals surface area contributed by atoms with Crippen LogP contribution in [-0.2, 0) is 6.54 Å². The zero-order valence-electron chi connectivity index (χ0n) is 14.9. The average Bonchev–Trinajstić information content (AvgIpc) is 2.70. The van der Waals surface area contributed by atoms with Gasteiger partial charge in [-0.05, 0) is 49.2 Å². The minimum atomic E-state index is -0.216. The summed E-state index contributed by atoms with van der Waals surface area (Å²) >= 11 is 0. The van der Waals surface area contributed by atoms with Gasteiger partial charge in [-0.2, -0.15) is 0 Å². The van der Waals surface area contributed by atoms with Gasteiger partial charge in [-0.15, -0.1) is 0 Å². The summed E-state index contributed by atoms with van der Waals surface area (Å²) in [5.74, 6) is 0.573. The Morgan fingerprint density at radius 1 is 1.15 bits per heavy atom. The third kappa shape index (κ3) is 4.28. The molecule has 5 nitrogen and oxygen atoms in total. The fourth-order valence-corrected chi connectivity index (χ4v) is 3.62. The Morgan fingerprint density at radius 2 is 1.93 bits per heavy atom. The lowest BCUT2D eigenvalue weighted by atomic mass is 9.94. The summed E-state index contributed by atoms with van der Waals surface area (Å²) in [7, 11) is 0. The van der Waals surface area contributed by atoms with Crippen molar-refractivity contribution >= 4 is 0 Å². The highest BCUT2D eigenvalue weighted by Crippen LogP contribution is 2.27. The summed E-state index contributed by atoms with van der Waals surface area (Å²) in [5, 5.41) is 0. The van der Waals surface area contributed by atoms with Crippen LogP contribution in [0.4, 0.5) is 4.39 Å². The molecule has 1 N–H and O–H groups in total. The fraction of sp³-hybridized carbons (Fsp3) is 0.286. The minimum absolute atomic E-state index is 0.137. The van der Waals surface area contributed by atoms with Gasteiger partial charge in [0.1, 0.15) is 11.6 Å². The molecule has 27 heavy (non-hydrogen) atoms. The van der Waals surface area contributed by atoms with Crippen LogP contribution in [-0.4, -0.2) is 32.9 Å². The van der Waals surface area contributed by atoms with E-state index in [-0.39, 0.29) is 17.3 Å². The van der Waals surface area contributed by atoms with Gasteiger partial charge in [0.25, 0.3) is 5.56 Å². The Morgan fingerprint density at radius 3 is 2.70 bits per heavy atom. The zero-order chi connectivity index (χ0) is 18.6. The smallest absolute Gasteiger partial charge is 0.251 e. The van der Waals surface area contributed by atoms with Crippen LogP contribution in [0.15, 0.2) is 59.7 Å². The molecule has 3 heterocycles. The molecule has 0 aliphatic carbocycles. The van der Waals surface area contributed by atoms with Crippen molar-refractivity contribution in [1.82, 2.24) is 19.9 Å². The zero-order valence-corrected chi connectivity index (χ0v) is 14.9. The van der Waals surface area contributed by atoms with Crippen molar-refractivity contribution in [3.05, 3.63) is 82.3 Å². The molecule has 1 aliphatic heterocycles. The number of pyridine rings is 1. The van der Waals surface area contributed by atoms with Crippen molar-refractivity contribution in [2.75, 3.05) is 13.1 Å². The van der Waals surface area contributed by atoms with Crippen LogP contribution in [0.2, 0.25) is 0 Å². The third-order valence-electron chi connectivity index (χ3n) is 4.96. The van der Waals surface area contributed by atoms with E-state index >= 15 is 0 Å². The number of hydrogen-bond acceptors (Lipinski definition) is 4. The number of rotatable bonds is 4. The number of nitrogens with zero attached hydrogens (tertiary/aromatic N) is 3. The Hall–Kier alpha value is -2.86. The van der Waals surface area contributed by atoms with Crippen molar-refractivity contribution in [3.63, 3.8) is 0 Å². The maximum Gasteiger partial charge on any atom is 0.251 e. The molecule has 0 spiro atoms. The van der Waals surface area contributed by atoms with Gasteiger partial charge in [0.15, 0.2) is 0 Å². The van der Waals surface area contributed by atoms with Crippen LogP contribution >= 0.6 is 0 Å². The average molecular weight is 364 g/mol. The number of nitrogens with one attached hydrogen (secondary N) is 1. The summed E-state index contributed by atoms with van der Waals surface area (Å²) < 4.78 is 13.1. The van der Waals surface area contributed by atoms with Gasteiger partial charge in [0.2, 0.25) is 0 Å². The van der Waals surface area contributed by atoms with Crippen LogP contribution in [0, 0.1) is 5.82 Å². The predicted molar refractivity (Wildman–Crippen MR) is 102 cm³/mol. The number of halogens is 1. The summed E-state index contributed by atoms with van der Waals surface area (Å²) in [4.78, 5) is 26.1. The van der Waals surface area contributed by atoms with Crippen LogP contribution in [0.3, 0.4) is 0 Å². The molecule has 1 fully saturated rings. The molecule has 2 aromatic heterocycles. The molecular weight excluding hydrogens is 343 g/mol. The molecule has 3 aromatic rings. The lowest BCUT2D eigenvalue weighted by Gasteiger charge is -2.32. The monoisotopic (exact) mass is 364 g/mol. The lowest BCUT2D eigenvalue weighted by Crippen LogP contribution is -2.34. The number of aromatic amines is 1. The van der Waals surface area contributed by atoms with Crippen LogP contribution < -0.4 is 5.56 Å². The SMILES string of the molecule is O=c1cc([C@@H]2CCCN(Cc3ccc(F)cc3)C2)nc(-c2ccncc2)[nH]1. The van der Waals surface area contributed by atoms with E-state index in [0.717, 1.165) is 49.3 Å². The Bertz CT molecular complexity index is 956. The fourth-order valence-electron chi connectivity index (χ4n) is 3.62. The third-order valence-corrected chi connectivity index (χ3v) is 4.96. The first kappa shape index (κ1) is 17.5. The van der Waals surface area contributed by atoms with E-state index in [4.69, 9.17) is 4.98 Å². The molecule has 1 saturated heterocycles.